The summed E-state index contributed by atoms with van der Waals surface area (Å²) < 4.78 is 0. The monoisotopic (exact) mass is 295 g/mol. The Labute approximate surface area is 129 Å². The van der Waals surface area contributed by atoms with Crippen molar-refractivity contribution in [3.8, 4) is 11.8 Å². The third kappa shape index (κ3) is 3.00. The summed E-state index contributed by atoms with van der Waals surface area (Å²) in [5, 5.41) is 18.9. The normalized spacial score (nSPS) is 17.0. The minimum atomic E-state index is -0.292. The van der Waals surface area contributed by atoms with Crippen molar-refractivity contribution in [1.29, 1.82) is 5.26 Å². The third-order valence-electron chi connectivity index (χ3n) is 3.85. The van der Waals surface area contributed by atoms with Crippen LogP contribution in [0.3, 0.4) is 0 Å². The van der Waals surface area contributed by atoms with Crippen LogP contribution in [0.2, 0.25) is 0 Å². The van der Waals surface area contributed by atoms with E-state index in [4.69, 9.17) is 0 Å². The molecule has 6 heteroatoms. The van der Waals surface area contributed by atoms with Crippen molar-refractivity contribution < 1.29 is 5.11 Å². The standard InChI is InChI=1S/C16H17N5O/c17-12-15(13-2-4-14(22)5-3-13)20-8-10-21(11-9-20)16-18-6-1-7-19-16/h1-7,15,22H,8-11H2. The lowest BCUT2D eigenvalue weighted by Crippen LogP contribution is -2.48. The Hall–Kier alpha value is -2.65. The second-order valence-electron chi connectivity index (χ2n) is 5.19. The highest BCUT2D eigenvalue weighted by molar-refractivity contribution is 5.32. The predicted molar refractivity (Wildman–Crippen MR) is 82.3 cm³/mol. The molecule has 1 atom stereocenters. The van der Waals surface area contributed by atoms with Crippen molar-refractivity contribution in [2.45, 2.75) is 6.04 Å². The van der Waals surface area contributed by atoms with Gasteiger partial charge in [0.1, 0.15) is 11.8 Å². The molecule has 1 aliphatic rings. The number of nitriles is 1. The van der Waals surface area contributed by atoms with Crippen molar-refractivity contribution in [2.24, 2.45) is 0 Å². The summed E-state index contributed by atoms with van der Waals surface area (Å²) in [7, 11) is 0. The molecule has 6 nitrogen and oxygen atoms in total. The fraction of sp³-hybridized carbons (Fsp3) is 0.312. The van der Waals surface area contributed by atoms with E-state index in [0.717, 1.165) is 37.7 Å². The Bertz CT molecular complexity index is 644. The minimum absolute atomic E-state index is 0.214. The molecule has 0 saturated carbocycles. The summed E-state index contributed by atoms with van der Waals surface area (Å²) in [5.74, 6) is 0.951. The molecule has 0 amide bonds. The second kappa shape index (κ2) is 6.41. The Balaban J connectivity index is 1.67. The molecule has 1 fully saturated rings. The number of anilines is 1. The lowest BCUT2D eigenvalue weighted by atomic mass is 10.1. The van der Waals surface area contributed by atoms with Crippen LogP contribution in [-0.4, -0.2) is 46.2 Å². The van der Waals surface area contributed by atoms with Gasteiger partial charge in [-0.05, 0) is 23.8 Å². The average Bonchev–Trinajstić information content (AvgIpc) is 2.59. The van der Waals surface area contributed by atoms with Crippen LogP contribution in [0.25, 0.3) is 0 Å². The number of phenols is 1. The van der Waals surface area contributed by atoms with Gasteiger partial charge in [-0.2, -0.15) is 5.26 Å². The zero-order chi connectivity index (χ0) is 15.4. The lowest BCUT2D eigenvalue weighted by molar-refractivity contribution is 0.221. The summed E-state index contributed by atoms with van der Waals surface area (Å²) in [6.07, 6.45) is 3.48. The number of aromatic nitrogens is 2. The van der Waals surface area contributed by atoms with Crippen LogP contribution in [0.15, 0.2) is 42.7 Å². The van der Waals surface area contributed by atoms with Gasteiger partial charge in [-0.25, -0.2) is 9.97 Å². The van der Waals surface area contributed by atoms with Gasteiger partial charge >= 0.3 is 0 Å². The van der Waals surface area contributed by atoms with Gasteiger partial charge in [0.25, 0.3) is 0 Å². The SMILES string of the molecule is N#CC(c1ccc(O)cc1)N1CCN(c2ncccn2)CC1. The van der Waals surface area contributed by atoms with Gasteiger partial charge in [0.2, 0.25) is 5.95 Å². The maximum Gasteiger partial charge on any atom is 0.225 e. The van der Waals surface area contributed by atoms with Gasteiger partial charge in [0.15, 0.2) is 0 Å². The zero-order valence-electron chi connectivity index (χ0n) is 12.1. The van der Waals surface area contributed by atoms with Crippen LogP contribution >= 0.6 is 0 Å². The maximum absolute atomic E-state index is 9.49. The lowest BCUT2D eigenvalue weighted by Gasteiger charge is -2.36. The molecular formula is C16H17N5O. The molecule has 1 aliphatic heterocycles. The van der Waals surface area contributed by atoms with Gasteiger partial charge in [-0.3, -0.25) is 4.90 Å². The summed E-state index contributed by atoms with van der Waals surface area (Å²) >= 11 is 0. The summed E-state index contributed by atoms with van der Waals surface area (Å²) in [5.41, 5.74) is 0.907. The van der Waals surface area contributed by atoms with E-state index < -0.39 is 0 Å². The summed E-state index contributed by atoms with van der Waals surface area (Å²) in [4.78, 5) is 12.8. The molecular weight excluding hydrogens is 278 g/mol. The number of phenolic OH excluding ortho intramolecular Hbond substituents is 1. The summed E-state index contributed by atoms with van der Waals surface area (Å²) in [6, 6.07) is 10.7. The molecule has 0 radical (unpaired) electrons. The largest absolute Gasteiger partial charge is 0.508 e. The molecule has 1 aromatic carbocycles. The van der Waals surface area contributed by atoms with Crippen molar-refractivity contribution in [2.75, 3.05) is 31.1 Å². The van der Waals surface area contributed by atoms with Gasteiger partial charge in [0, 0.05) is 38.6 Å². The third-order valence-corrected chi connectivity index (χ3v) is 3.85. The van der Waals surface area contributed by atoms with Crippen LogP contribution < -0.4 is 4.90 Å². The van der Waals surface area contributed by atoms with Crippen molar-refractivity contribution in [3.05, 3.63) is 48.3 Å². The second-order valence-corrected chi connectivity index (χ2v) is 5.19. The Morgan fingerprint density at radius 1 is 1.05 bits per heavy atom. The van der Waals surface area contributed by atoms with Crippen molar-refractivity contribution in [3.63, 3.8) is 0 Å². The van der Waals surface area contributed by atoms with Crippen molar-refractivity contribution >= 4 is 5.95 Å². The first-order chi connectivity index (χ1) is 10.8. The molecule has 22 heavy (non-hydrogen) atoms. The fourth-order valence-corrected chi connectivity index (χ4v) is 2.66. The van der Waals surface area contributed by atoms with Crippen LogP contribution in [-0.2, 0) is 0 Å². The summed E-state index contributed by atoms with van der Waals surface area (Å²) in [6.45, 7) is 3.13. The minimum Gasteiger partial charge on any atom is -0.508 e. The highest BCUT2D eigenvalue weighted by Crippen LogP contribution is 2.24. The van der Waals surface area contributed by atoms with E-state index >= 15 is 0 Å². The van der Waals surface area contributed by atoms with E-state index in [0.29, 0.717) is 0 Å². The first-order valence-electron chi connectivity index (χ1n) is 7.22. The smallest absolute Gasteiger partial charge is 0.225 e. The molecule has 0 bridgehead atoms. The zero-order valence-corrected chi connectivity index (χ0v) is 12.1. The molecule has 1 N–H and O–H groups in total. The van der Waals surface area contributed by atoms with Crippen molar-refractivity contribution in [1.82, 2.24) is 14.9 Å². The number of benzene rings is 1. The van der Waals surface area contributed by atoms with Crippen LogP contribution in [0.5, 0.6) is 5.75 Å². The number of nitrogens with zero attached hydrogens (tertiary/aromatic N) is 5. The number of rotatable bonds is 3. The molecule has 1 saturated heterocycles. The quantitative estimate of drug-likeness (QED) is 0.926. The van der Waals surface area contributed by atoms with E-state index in [-0.39, 0.29) is 11.8 Å². The molecule has 3 rings (SSSR count). The average molecular weight is 295 g/mol. The Morgan fingerprint density at radius 2 is 1.68 bits per heavy atom. The van der Waals surface area contributed by atoms with Crippen LogP contribution in [0.4, 0.5) is 5.95 Å². The van der Waals surface area contributed by atoms with Gasteiger partial charge in [-0.1, -0.05) is 12.1 Å². The van der Waals surface area contributed by atoms with E-state index in [2.05, 4.69) is 25.8 Å². The Kier molecular flexibility index (Phi) is 4.17. The van der Waals surface area contributed by atoms with Gasteiger partial charge < -0.3 is 10.0 Å². The number of piperazine rings is 1. The fourth-order valence-electron chi connectivity index (χ4n) is 2.66. The highest BCUT2D eigenvalue weighted by Gasteiger charge is 2.25. The predicted octanol–water partition coefficient (Wildman–Crippen LogP) is 1.57. The van der Waals surface area contributed by atoms with E-state index in [1.165, 1.54) is 0 Å². The number of aromatic hydroxyl groups is 1. The molecule has 2 aromatic rings. The van der Waals surface area contributed by atoms with Crippen LogP contribution in [0.1, 0.15) is 11.6 Å². The van der Waals surface area contributed by atoms with Crippen LogP contribution in [0, 0.1) is 11.3 Å². The Morgan fingerprint density at radius 3 is 2.27 bits per heavy atom. The molecule has 0 spiro atoms. The van der Waals surface area contributed by atoms with E-state index in [1.807, 2.05) is 0 Å². The molecule has 1 aromatic heterocycles. The van der Waals surface area contributed by atoms with Gasteiger partial charge in [-0.15, -0.1) is 0 Å². The number of hydrogen-bond donors (Lipinski definition) is 1. The first kappa shape index (κ1) is 14.3. The first-order valence-corrected chi connectivity index (χ1v) is 7.22. The van der Waals surface area contributed by atoms with E-state index in [9.17, 15) is 10.4 Å². The highest BCUT2D eigenvalue weighted by atomic mass is 16.3. The maximum atomic E-state index is 9.49. The molecule has 112 valence electrons. The number of hydrogen-bond acceptors (Lipinski definition) is 6. The van der Waals surface area contributed by atoms with Gasteiger partial charge in [0.05, 0.1) is 6.07 Å². The molecule has 2 heterocycles. The van der Waals surface area contributed by atoms with E-state index in [1.54, 1.807) is 42.7 Å². The molecule has 0 aliphatic carbocycles. The topological polar surface area (TPSA) is 76.3 Å². The molecule has 1 unspecified atom stereocenters.